The van der Waals surface area contributed by atoms with Crippen LogP contribution in [0.4, 0.5) is 5.69 Å². The highest BCUT2D eigenvalue weighted by atomic mass is 35.5. The standard InChI is InChI=1S/C12H15NO4.ClH/c1-9(3-2-4-12(14)15)10-5-7-11(8-6-10)13(16)17;/h5-9H,2-4H2,1H3,(H,14,15);1H. The third-order valence-electron chi connectivity index (χ3n) is 2.70. The lowest BCUT2D eigenvalue weighted by Gasteiger charge is -2.10. The molecule has 0 heterocycles. The normalized spacial score (nSPS) is 11.4. The van der Waals surface area contributed by atoms with Gasteiger partial charge in [-0.1, -0.05) is 19.1 Å². The average Bonchev–Trinajstić information content (AvgIpc) is 2.28. The van der Waals surface area contributed by atoms with Crippen LogP contribution in [0, 0.1) is 10.1 Å². The van der Waals surface area contributed by atoms with Crippen LogP contribution in [-0.4, -0.2) is 16.0 Å². The minimum Gasteiger partial charge on any atom is -0.481 e. The molecule has 18 heavy (non-hydrogen) atoms. The van der Waals surface area contributed by atoms with Crippen molar-refractivity contribution < 1.29 is 14.8 Å². The van der Waals surface area contributed by atoms with Gasteiger partial charge in [0.2, 0.25) is 0 Å². The fourth-order valence-corrected chi connectivity index (χ4v) is 1.65. The molecule has 1 atom stereocenters. The molecular weight excluding hydrogens is 258 g/mol. The van der Waals surface area contributed by atoms with E-state index < -0.39 is 10.9 Å². The Morgan fingerprint density at radius 3 is 2.39 bits per heavy atom. The van der Waals surface area contributed by atoms with Crippen LogP contribution in [0.5, 0.6) is 0 Å². The third-order valence-corrected chi connectivity index (χ3v) is 2.70. The van der Waals surface area contributed by atoms with Crippen LogP contribution >= 0.6 is 12.4 Å². The predicted octanol–water partition coefficient (Wildman–Crippen LogP) is 3.38. The van der Waals surface area contributed by atoms with Crippen LogP contribution in [0.2, 0.25) is 0 Å². The number of hydrogen-bond donors (Lipinski definition) is 1. The molecule has 1 aromatic rings. The topological polar surface area (TPSA) is 80.4 Å². The summed E-state index contributed by atoms with van der Waals surface area (Å²) in [6.07, 6.45) is 1.55. The molecule has 0 fully saturated rings. The van der Waals surface area contributed by atoms with Gasteiger partial charge >= 0.3 is 5.97 Å². The average molecular weight is 274 g/mol. The van der Waals surface area contributed by atoms with Crippen molar-refractivity contribution in [2.45, 2.75) is 32.1 Å². The van der Waals surface area contributed by atoms with Gasteiger partial charge in [0.15, 0.2) is 0 Å². The van der Waals surface area contributed by atoms with Crippen molar-refractivity contribution >= 4 is 24.1 Å². The molecule has 0 aliphatic carbocycles. The van der Waals surface area contributed by atoms with Crippen LogP contribution < -0.4 is 0 Å². The summed E-state index contributed by atoms with van der Waals surface area (Å²) in [5.74, 6) is -0.573. The minimum absolute atomic E-state index is 0. The molecule has 0 spiro atoms. The Balaban J connectivity index is 0.00000289. The molecule has 6 heteroatoms. The van der Waals surface area contributed by atoms with E-state index in [0.29, 0.717) is 6.42 Å². The highest BCUT2D eigenvalue weighted by molar-refractivity contribution is 5.85. The number of non-ortho nitro benzene ring substituents is 1. The first-order valence-electron chi connectivity index (χ1n) is 5.47. The van der Waals surface area contributed by atoms with Gasteiger partial charge in [0, 0.05) is 18.6 Å². The zero-order valence-electron chi connectivity index (χ0n) is 10.0. The smallest absolute Gasteiger partial charge is 0.303 e. The lowest BCUT2D eigenvalue weighted by Crippen LogP contribution is -1.98. The van der Waals surface area contributed by atoms with Crippen LogP contribution in [0.25, 0.3) is 0 Å². The first-order valence-corrected chi connectivity index (χ1v) is 5.47. The van der Waals surface area contributed by atoms with E-state index in [0.717, 1.165) is 12.0 Å². The first kappa shape index (κ1) is 16.4. The Labute approximate surface area is 111 Å². The largest absolute Gasteiger partial charge is 0.481 e. The summed E-state index contributed by atoms with van der Waals surface area (Å²) in [4.78, 5) is 20.4. The van der Waals surface area contributed by atoms with Crippen molar-refractivity contribution in [2.75, 3.05) is 0 Å². The van der Waals surface area contributed by atoms with Gasteiger partial charge in [-0.2, -0.15) is 0 Å². The van der Waals surface area contributed by atoms with Crippen molar-refractivity contribution in [2.24, 2.45) is 0 Å². The Hall–Kier alpha value is -1.62. The maximum atomic E-state index is 10.5. The van der Waals surface area contributed by atoms with E-state index in [1.807, 2.05) is 6.92 Å². The molecule has 0 aromatic heterocycles. The van der Waals surface area contributed by atoms with Gasteiger partial charge in [0.25, 0.3) is 5.69 Å². The number of aliphatic carboxylic acids is 1. The van der Waals surface area contributed by atoms with Crippen LogP contribution in [-0.2, 0) is 4.79 Å². The second-order valence-electron chi connectivity index (χ2n) is 4.04. The van der Waals surface area contributed by atoms with Gasteiger partial charge in [-0.15, -0.1) is 12.4 Å². The Bertz CT molecular complexity index is 405. The fraction of sp³-hybridized carbons (Fsp3) is 0.417. The molecular formula is C12H16ClNO4. The monoisotopic (exact) mass is 273 g/mol. The number of rotatable bonds is 6. The molecule has 0 radical (unpaired) electrons. The highest BCUT2D eigenvalue weighted by Crippen LogP contribution is 2.23. The summed E-state index contributed by atoms with van der Waals surface area (Å²) in [5.41, 5.74) is 1.08. The number of carbonyl (C=O) groups is 1. The Morgan fingerprint density at radius 2 is 1.94 bits per heavy atom. The van der Waals surface area contributed by atoms with Gasteiger partial charge in [-0.3, -0.25) is 14.9 Å². The molecule has 100 valence electrons. The fourth-order valence-electron chi connectivity index (χ4n) is 1.65. The van der Waals surface area contributed by atoms with Crippen molar-refractivity contribution in [1.82, 2.24) is 0 Å². The van der Waals surface area contributed by atoms with E-state index in [-0.39, 0.29) is 30.4 Å². The summed E-state index contributed by atoms with van der Waals surface area (Å²) in [5, 5.41) is 19.0. The predicted molar refractivity (Wildman–Crippen MR) is 70.2 cm³/mol. The van der Waals surface area contributed by atoms with Crippen molar-refractivity contribution in [3.8, 4) is 0 Å². The van der Waals surface area contributed by atoms with Crippen molar-refractivity contribution in [3.63, 3.8) is 0 Å². The lowest BCUT2D eigenvalue weighted by atomic mass is 9.95. The van der Waals surface area contributed by atoms with Crippen molar-refractivity contribution in [3.05, 3.63) is 39.9 Å². The number of halogens is 1. The highest BCUT2D eigenvalue weighted by Gasteiger charge is 2.09. The number of carboxylic acid groups (broad SMARTS) is 1. The van der Waals surface area contributed by atoms with Crippen molar-refractivity contribution in [1.29, 1.82) is 0 Å². The summed E-state index contributed by atoms with van der Waals surface area (Å²) < 4.78 is 0. The molecule has 0 aliphatic heterocycles. The first-order chi connectivity index (χ1) is 8.00. The molecule has 5 nitrogen and oxygen atoms in total. The second kappa shape index (κ2) is 7.66. The summed E-state index contributed by atoms with van der Waals surface area (Å²) >= 11 is 0. The molecule has 0 bridgehead atoms. The van der Waals surface area contributed by atoms with Crippen LogP contribution in [0.1, 0.15) is 37.7 Å². The van der Waals surface area contributed by atoms with Gasteiger partial charge in [0.05, 0.1) is 4.92 Å². The van der Waals surface area contributed by atoms with Gasteiger partial charge in [-0.05, 0) is 24.3 Å². The summed E-state index contributed by atoms with van der Waals surface area (Å²) in [6.45, 7) is 1.99. The number of hydrogen-bond acceptors (Lipinski definition) is 3. The van der Waals surface area contributed by atoms with E-state index in [4.69, 9.17) is 5.11 Å². The quantitative estimate of drug-likeness (QED) is 0.636. The molecule has 1 aromatic carbocycles. The number of benzene rings is 1. The number of nitro groups is 1. The van der Waals surface area contributed by atoms with Crippen LogP contribution in [0.15, 0.2) is 24.3 Å². The SMILES string of the molecule is CC(CCCC(=O)O)c1ccc([N+](=O)[O-])cc1.Cl. The molecule has 0 amide bonds. The molecule has 1 N–H and O–H groups in total. The maximum absolute atomic E-state index is 10.5. The van der Waals surface area contributed by atoms with Crippen LogP contribution in [0.3, 0.4) is 0 Å². The number of nitrogens with zero attached hydrogens (tertiary/aromatic N) is 1. The van der Waals surface area contributed by atoms with Gasteiger partial charge in [0.1, 0.15) is 0 Å². The number of carboxylic acids is 1. The van der Waals surface area contributed by atoms with E-state index in [1.165, 1.54) is 12.1 Å². The molecule has 0 saturated carbocycles. The number of nitro benzene ring substituents is 1. The molecule has 1 rings (SSSR count). The van der Waals surface area contributed by atoms with E-state index in [2.05, 4.69) is 0 Å². The molecule has 0 aliphatic rings. The third kappa shape index (κ3) is 5.14. The summed E-state index contributed by atoms with van der Waals surface area (Å²) in [6, 6.07) is 6.40. The second-order valence-corrected chi connectivity index (χ2v) is 4.04. The Kier molecular flexibility index (Phi) is 6.97. The zero-order chi connectivity index (χ0) is 12.8. The van der Waals surface area contributed by atoms with Gasteiger partial charge < -0.3 is 5.11 Å². The maximum Gasteiger partial charge on any atom is 0.303 e. The van der Waals surface area contributed by atoms with E-state index in [9.17, 15) is 14.9 Å². The lowest BCUT2D eigenvalue weighted by molar-refractivity contribution is -0.384. The molecule has 1 unspecified atom stereocenters. The summed E-state index contributed by atoms with van der Waals surface area (Å²) in [7, 11) is 0. The van der Waals surface area contributed by atoms with E-state index >= 15 is 0 Å². The van der Waals surface area contributed by atoms with E-state index in [1.54, 1.807) is 12.1 Å². The minimum atomic E-state index is -0.791. The molecule has 0 saturated heterocycles. The Morgan fingerprint density at radius 1 is 1.39 bits per heavy atom. The zero-order valence-corrected chi connectivity index (χ0v) is 10.9. The van der Waals surface area contributed by atoms with Gasteiger partial charge in [-0.25, -0.2) is 0 Å².